The number of rotatable bonds is 1. The van der Waals surface area contributed by atoms with E-state index in [1.807, 2.05) is 0 Å². The predicted molar refractivity (Wildman–Crippen MR) is 49.5 cm³/mol. The van der Waals surface area contributed by atoms with E-state index in [-0.39, 0.29) is 23.1 Å². The Morgan fingerprint density at radius 1 is 1.36 bits per heavy atom. The van der Waals surface area contributed by atoms with Crippen LogP contribution in [0.3, 0.4) is 0 Å². The average molecular weight is 247 g/mol. The van der Waals surface area contributed by atoms with Crippen molar-refractivity contribution < 1.29 is 13.2 Å². The molecule has 0 radical (unpaired) electrons. The van der Waals surface area contributed by atoms with Gasteiger partial charge in [-0.3, -0.25) is 0 Å². The van der Waals surface area contributed by atoms with Crippen molar-refractivity contribution in [3.63, 3.8) is 0 Å². The highest BCUT2D eigenvalue weighted by atomic mass is 35.5. The first kappa shape index (κ1) is 13.5. The highest BCUT2D eigenvalue weighted by molar-refractivity contribution is 6.29. The molecule has 2 N–H and O–H groups in total. The fraction of sp³-hybridized carbons (Fsp3) is 0.286. The zero-order chi connectivity index (χ0) is 10.1. The molecule has 0 aliphatic carbocycles. The van der Waals surface area contributed by atoms with Gasteiger partial charge in [-0.25, -0.2) is 4.98 Å². The number of pyridine rings is 1. The van der Waals surface area contributed by atoms with Crippen molar-refractivity contribution in [2.24, 2.45) is 5.73 Å². The maximum Gasteiger partial charge on any atom is 0.407 e. The minimum absolute atomic E-state index is 0. The van der Waals surface area contributed by atoms with Crippen LogP contribution in [0, 0.1) is 0 Å². The Bertz CT molecular complexity index is 286. The molecular formula is C7H7Cl2F3N2. The minimum atomic E-state index is -4.45. The molecule has 0 unspecified atom stereocenters. The summed E-state index contributed by atoms with van der Waals surface area (Å²) in [6, 6.07) is 0.466. The first-order valence-corrected chi connectivity index (χ1v) is 3.73. The second-order valence-electron chi connectivity index (χ2n) is 2.43. The van der Waals surface area contributed by atoms with Gasteiger partial charge in [0.15, 0.2) is 0 Å². The van der Waals surface area contributed by atoms with Gasteiger partial charge in [0.05, 0.1) is 0 Å². The Hall–Kier alpha value is -0.520. The number of alkyl halides is 3. The van der Waals surface area contributed by atoms with Gasteiger partial charge >= 0.3 is 6.18 Å². The smallest absolute Gasteiger partial charge is 0.316 e. The van der Waals surface area contributed by atoms with Gasteiger partial charge in [-0.2, -0.15) is 13.2 Å². The summed E-state index contributed by atoms with van der Waals surface area (Å²) in [6.45, 7) is 0. The van der Waals surface area contributed by atoms with E-state index in [0.29, 0.717) is 0 Å². The Morgan fingerprint density at radius 3 is 2.29 bits per heavy atom. The third-order valence-corrected chi connectivity index (χ3v) is 1.69. The summed E-state index contributed by atoms with van der Waals surface area (Å²) in [5.74, 6) is 0. The molecule has 1 aromatic rings. The van der Waals surface area contributed by atoms with Gasteiger partial charge in [-0.15, -0.1) is 12.4 Å². The molecule has 1 rings (SSSR count). The van der Waals surface area contributed by atoms with Gasteiger partial charge in [-0.05, 0) is 11.6 Å². The molecule has 1 atom stereocenters. The lowest BCUT2D eigenvalue weighted by Gasteiger charge is -2.14. The highest BCUT2D eigenvalue weighted by Crippen LogP contribution is 2.30. The molecule has 2 nitrogen and oxygen atoms in total. The lowest BCUT2D eigenvalue weighted by atomic mass is 10.1. The molecule has 0 saturated carbocycles. The van der Waals surface area contributed by atoms with E-state index >= 15 is 0 Å². The third kappa shape index (κ3) is 3.32. The van der Waals surface area contributed by atoms with Crippen molar-refractivity contribution in [1.82, 2.24) is 4.98 Å². The molecule has 80 valence electrons. The molecule has 7 heteroatoms. The molecule has 1 aromatic heterocycles. The minimum Gasteiger partial charge on any atom is -0.316 e. The fourth-order valence-electron chi connectivity index (χ4n) is 0.760. The third-order valence-electron chi connectivity index (χ3n) is 1.46. The van der Waals surface area contributed by atoms with E-state index in [2.05, 4.69) is 4.98 Å². The summed E-state index contributed by atoms with van der Waals surface area (Å²) in [4.78, 5) is 3.50. The largest absolute Gasteiger partial charge is 0.407 e. The maximum absolute atomic E-state index is 12.0. The lowest BCUT2D eigenvalue weighted by Crippen LogP contribution is -2.28. The van der Waals surface area contributed by atoms with Gasteiger partial charge in [-0.1, -0.05) is 17.7 Å². The van der Waals surface area contributed by atoms with E-state index < -0.39 is 12.2 Å². The van der Waals surface area contributed by atoms with Crippen molar-refractivity contribution in [3.05, 3.63) is 29.0 Å². The van der Waals surface area contributed by atoms with Crippen molar-refractivity contribution in [3.8, 4) is 0 Å². The van der Waals surface area contributed by atoms with E-state index in [4.69, 9.17) is 17.3 Å². The van der Waals surface area contributed by atoms with Crippen molar-refractivity contribution >= 4 is 24.0 Å². The topological polar surface area (TPSA) is 38.9 Å². The van der Waals surface area contributed by atoms with Crippen molar-refractivity contribution in [2.75, 3.05) is 0 Å². The number of hydrogen-bond donors (Lipinski definition) is 1. The second-order valence-corrected chi connectivity index (χ2v) is 2.82. The molecule has 0 bridgehead atoms. The molecule has 0 spiro atoms. The summed E-state index contributed by atoms with van der Waals surface area (Å²) in [6.07, 6.45) is -3.43. The fourth-order valence-corrected chi connectivity index (χ4v) is 0.872. The van der Waals surface area contributed by atoms with E-state index in [0.717, 1.165) is 6.20 Å². The first-order chi connectivity index (χ1) is 5.91. The predicted octanol–water partition coefficient (Wildman–Crippen LogP) is 2.72. The van der Waals surface area contributed by atoms with E-state index in [9.17, 15) is 13.2 Å². The van der Waals surface area contributed by atoms with Gasteiger partial charge in [0, 0.05) is 6.20 Å². The van der Waals surface area contributed by atoms with Crippen LogP contribution in [0.25, 0.3) is 0 Å². The maximum atomic E-state index is 12.0. The zero-order valence-corrected chi connectivity index (χ0v) is 8.33. The molecular weight excluding hydrogens is 240 g/mol. The summed E-state index contributed by atoms with van der Waals surface area (Å²) in [5.41, 5.74) is 4.81. The molecule has 0 fully saturated rings. The molecule has 0 saturated heterocycles. The van der Waals surface area contributed by atoms with Crippen LogP contribution < -0.4 is 5.73 Å². The summed E-state index contributed by atoms with van der Waals surface area (Å²) in [5, 5.41) is 0.137. The Morgan fingerprint density at radius 2 is 1.93 bits per heavy atom. The SMILES string of the molecule is Cl.N[C@H](c1ccc(Cl)nc1)C(F)(F)F. The van der Waals surface area contributed by atoms with E-state index in [1.165, 1.54) is 12.1 Å². The van der Waals surface area contributed by atoms with Crippen LogP contribution in [0.15, 0.2) is 18.3 Å². The van der Waals surface area contributed by atoms with E-state index in [1.54, 1.807) is 0 Å². The second kappa shape index (κ2) is 4.82. The van der Waals surface area contributed by atoms with Crippen LogP contribution in [-0.2, 0) is 0 Å². The number of halogens is 5. The normalized spacial score (nSPS) is 13.2. The van der Waals surface area contributed by atoms with Crippen molar-refractivity contribution in [2.45, 2.75) is 12.2 Å². The average Bonchev–Trinajstić information content (AvgIpc) is 2.03. The Balaban J connectivity index is 0.00000169. The van der Waals surface area contributed by atoms with Gasteiger partial charge in [0.2, 0.25) is 0 Å². The number of hydrogen-bond acceptors (Lipinski definition) is 2. The lowest BCUT2D eigenvalue weighted by molar-refractivity contribution is -0.149. The van der Waals surface area contributed by atoms with Crippen LogP contribution in [0.1, 0.15) is 11.6 Å². The Kier molecular flexibility index (Phi) is 4.64. The quantitative estimate of drug-likeness (QED) is 0.775. The first-order valence-electron chi connectivity index (χ1n) is 3.35. The molecule has 0 amide bonds. The molecule has 0 aromatic carbocycles. The van der Waals surface area contributed by atoms with Crippen molar-refractivity contribution in [1.29, 1.82) is 0 Å². The van der Waals surface area contributed by atoms with Gasteiger partial charge in [0.25, 0.3) is 0 Å². The molecule has 1 heterocycles. The van der Waals surface area contributed by atoms with Crippen LogP contribution in [-0.4, -0.2) is 11.2 Å². The summed E-state index contributed by atoms with van der Waals surface area (Å²) >= 11 is 5.40. The molecule has 14 heavy (non-hydrogen) atoms. The monoisotopic (exact) mass is 246 g/mol. The van der Waals surface area contributed by atoms with Crippen LogP contribution >= 0.6 is 24.0 Å². The number of aromatic nitrogens is 1. The molecule has 0 aliphatic rings. The van der Waals surface area contributed by atoms with Crippen LogP contribution in [0.4, 0.5) is 13.2 Å². The standard InChI is InChI=1S/C7H6ClF3N2.ClH/c8-5-2-1-4(3-13-5)6(12)7(9,10)11;/h1-3,6H,12H2;1H/t6-;/m1./s1. The van der Waals surface area contributed by atoms with Gasteiger partial charge in [0.1, 0.15) is 11.2 Å². The summed E-state index contributed by atoms with van der Waals surface area (Å²) < 4.78 is 36.1. The zero-order valence-electron chi connectivity index (χ0n) is 6.75. The highest BCUT2D eigenvalue weighted by Gasteiger charge is 2.37. The van der Waals surface area contributed by atoms with Gasteiger partial charge < -0.3 is 5.73 Å². The number of nitrogens with two attached hydrogens (primary N) is 1. The Labute approximate surface area is 89.7 Å². The van der Waals surface area contributed by atoms with Crippen LogP contribution in [0.5, 0.6) is 0 Å². The number of nitrogens with zero attached hydrogens (tertiary/aromatic N) is 1. The van der Waals surface area contributed by atoms with Crippen LogP contribution in [0.2, 0.25) is 5.15 Å². The molecule has 0 aliphatic heterocycles. The summed E-state index contributed by atoms with van der Waals surface area (Å²) in [7, 11) is 0.